The lowest BCUT2D eigenvalue weighted by molar-refractivity contribution is 0.658. The predicted octanol–water partition coefficient (Wildman–Crippen LogP) is 2.98. The van der Waals surface area contributed by atoms with Crippen LogP contribution < -0.4 is 0 Å². The van der Waals surface area contributed by atoms with E-state index in [1.54, 1.807) is 0 Å². The van der Waals surface area contributed by atoms with E-state index in [4.69, 9.17) is 0 Å². The molecule has 1 aromatic carbocycles. The Labute approximate surface area is 102 Å². The lowest BCUT2D eigenvalue weighted by Crippen LogP contribution is -2.03. The molecule has 0 atom stereocenters. The van der Waals surface area contributed by atoms with Crippen molar-refractivity contribution >= 4 is 12.6 Å². The van der Waals surface area contributed by atoms with Crippen molar-refractivity contribution in [2.75, 3.05) is 0 Å². The minimum absolute atomic E-state index is 0.756. The van der Waals surface area contributed by atoms with Crippen molar-refractivity contribution < 1.29 is 0 Å². The molecule has 1 heterocycles. The third kappa shape index (κ3) is 2.14. The van der Waals surface area contributed by atoms with Gasteiger partial charge in [0.2, 0.25) is 0 Å². The summed E-state index contributed by atoms with van der Waals surface area (Å²) in [4.78, 5) is 0. The molecule has 0 saturated heterocycles. The van der Waals surface area contributed by atoms with E-state index in [2.05, 4.69) is 53.6 Å². The first kappa shape index (κ1) is 11.3. The van der Waals surface area contributed by atoms with Gasteiger partial charge in [-0.3, -0.25) is 4.68 Å². The Kier molecular flexibility index (Phi) is 3.34. The topological polar surface area (TPSA) is 17.8 Å². The summed E-state index contributed by atoms with van der Waals surface area (Å²) in [6.45, 7) is 4.98. The van der Waals surface area contributed by atoms with E-state index in [0.29, 0.717) is 0 Å². The van der Waals surface area contributed by atoms with Crippen LogP contribution in [0.25, 0.3) is 0 Å². The summed E-state index contributed by atoms with van der Waals surface area (Å²) in [5.41, 5.74) is 4.83. The van der Waals surface area contributed by atoms with E-state index in [9.17, 15) is 0 Å². The Morgan fingerprint density at radius 1 is 1.19 bits per heavy atom. The quantitative estimate of drug-likeness (QED) is 0.805. The molecule has 1 aromatic heterocycles. The summed E-state index contributed by atoms with van der Waals surface area (Å²) in [6.07, 6.45) is 0. The van der Waals surface area contributed by atoms with Crippen LogP contribution >= 0.6 is 12.6 Å². The van der Waals surface area contributed by atoms with Gasteiger partial charge in [0.15, 0.2) is 0 Å². The molecule has 0 fully saturated rings. The highest BCUT2D eigenvalue weighted by atomic mass is 32.1. The highest BCUT2D eigenvalue weighted by Crippen LogP contribution is 2.16. The van der Waals surface area contributed by atoms with Crippen molar-refractivity contribution in [3.05, 3.63) is 52.8 Å². The number of hydrogen-bond acceptors (Lipinski definition) is 2. The lowest BCUT2D eigenvalue weighted by atomic mass is 10.2. The van der Waals surface area contributed by atoms with Gasteiger partial charge in [-0.1, -0.05) is 30.3 Å². The number of aryl methyl sites for hydroxylation is 1. The number of nitrogens with zero attached hydrogens (tertiary/aromatic N) is 2. The SMILES string of the molecule is Cc1nn(Cc2ccccc2)c(C)c1CS. The fourth-order valence-electron chi connectivity index (χ4n) is 1.87. The molecule has 2 nitrogen and oxygen atoms in total. The van der Waals surface area contributed by atoms with E-state index in [1.165, 1.54) is 16.8 Å². The van der Waals surface area contributed by atoms with Gasteiger partial charge in [-0.2, -0.15) is 17.7 Å². The zero-order valence-electron chi connectivity index (χ0n) is 9.64. The predicted molar refractivity (Wildman–Crippen MR) is 69.9 cm³/mol. The molecule has 0 N–H and O–H groups in total. The summed E-state index contributed by atoms with van der Waals surface area (Å²) in [5.74, 6) is 0.756. The summed E-state index contributed by atoms with van der Waals surface area (Å²) in [5, 5.41) is 4.54. The number of rotatable bonds is 3. The first-order valence-electron chi connectivity index (χ1n) is 5.40. The molecule has 0 spiro atoms. The van der Waals surface area contributed by atoms with Gasteiger partial charge in [0.25, 0.3) is 0 Å². The molecule has 3 heteroatoms. The largest absolute Gasteiger partial charge is 0.265 e. The summed E-state index contributed by atoms with van der Waals surface area (Å²) in [7, 11) is 0. The minimum atomic E-state index is 0.756. The van der Waals surface area contributed by atoms with Crippen molar-refractivity contribution in [2.24, 2.45) is 0 Å². The summed E-state index contributed by atoms with van der Waals surface area (Å²) < 4.78 is 2.05. The van der Waals surface area contributed by atoms with Crippen molar-refractivity contribution in [1.29, 1.82) is 0 Å². The number of hydrogen-bond donors (Lipinski definition) is 1. The van der Waals surface area contributed by atoms with Gasteiger partial charge in [-0.25, -0.2) is 0 Å². The first-order valence-corrected chi connectivity index (χ1v) is 6.03. The second-order valence-corrected chi connectivity index (χ2v) is 4.27. The highest BCUT2D eigenvalue weighted by molar-refractivity contribution is 7.79. The van der Waals surface area contributed by atoms with Crippen LogP contribution in [0.2, 0.25) is 0 Å². The van der Waals surface area contributed by atoms with Crippen LogP contribution in [0.5, 0.6) is 0 Å². The van der Waals surface area contributed by atoms with Crippen molar-refractivity contribution in [3.8, 4) is 0 Å². The number of benzene rings is 1. The van der Waals surface area contributed by atoms with Crippen LogP contribution in [0.3, 0.4) is 0 Å². The molecule has 0 unspecified atom stereocenters. The average Bonchev–Trinajstić information content (AvgIpc) is 2.55. The molecular weight excluding hydrogens is 216 g/mol. The Balaban J connectivity index is 2.29. The Morgan fingerprint density at radius 2 is 1.88 bits per heavy atom. The second kappa shape index (κ2) is 4.74. The number of thiol groups is 1. The maximum atomic E-state index is 4.54. The molecule has 0 aliphatic carbocycles. The molecule has 2 aromatic rings. The van der Waals surface area contributed by atoms with Crippen LogP contribution in [0.15, 0.2) is 30.3 Å². The van der Waals surface area contributed by atoms with E-state index in [-0.39, 0.29) is 0 Å². The first-order chi connectivity index (χ1) is 7.72. The van der Waals surface area contributed by atoms with Gasteiger partial charge in [-0.05, 0) is 19.4 Å². The van der Waals surface area contributed by atoms with E-state index in [1.807, 2.05) is 13.0 Å². The second-order valence-electron chi connectivity index (χ2n) is 3.95. The van der Waals surface area contributed by atoms with Gasteiger partial charge in [-0.15, -0.1) is 0 Å². The van der Waals surface area contributed by atoms with Crippen LogP contribution in [-0.4, -0.2) is 9.78 Å². The number of aromatic nitrogens is 2. The molecule has 0 aliphatic heterocycles. The van der Waals surface area contributed by atoms with Crippen LogP contribution in [0.4, 0.5) is 0 Å². The zero-order valence-corrected chi connectivity index (χ0v) is 10.5. The zero-order chi connectivity index (χ0) is 11.5. The van der Waals surface area contributed by atoms with E-state index < -0.39 is 0 Å². The van der Waals surface area contributed by atoms with Crippen LogP contribution in [0, 0.1) is 13.8 Å². The molecule has 0 saturated carbocycles. The fraction of sp³-hybridized carbons (Fsp3) is 0.308. The van der Waals surface area contributed by atoms with Crippen molar-refractivity contribution in [3.63, 3.8) is 0 Å². The normalized spacial score (nSPS) is 10.7. The van der Waals surface area contributed by atoms with Crippen molar-refractivity contribution in [2.45, 2.75) is 26.1 Å². The van der Waals surface area contributed by atoms with Gasteiger partial charge in [0, 0.05) is 17.0 Å². The Hall–Kier alpha value is -1.22. The van der Waals surface area contributed by atoms with Crippen LogP contribution in [0.1, 0.15) is 22.5 Å². The third-order valence-electron chi connectivity index (χ3n) is 2.86. The van der Waals surface area contributed by atoms with Crippen molar-refractivity contribution in [1.82, 2.24) is 9.78 Å². The van der Waals surface area contributed by atoms with Crippen LogP contribution in [-0.2, 0) is 12.3 Å². The molecule has 0 aliphatic rings. The lowest BCUT2D eigenvalue weighted by Gasteiger charge is -2.04. The van der Waals surface area contributed by atoms with Gasteiger partial charge in [0.1, 0.15) is 0 Å². The standard InChI is InChI=1S/C13H16N2S/c1-10-13(9-16)11(2)15(14-10)8-12-6-4-3-5-7-12/h3-7,16H,8-9H2,1-2H3. The highest BCUT2D eigenvalue weighted by Gasteiger charge is 2.09. The maximum absolute atomic E-state index is 4.54. The molecule has 0 bridgehead atoms. The van der Waals surface area contributed by atoms with Gasteiger partial charge >= 0.3 is 0 Å². The minimum Gasteiger partial charge on any atom is -0.265 e. The molecule has 2 rings (SSSR count). The van der Waals surface area contributed by atoms with E-state index >= 15 is 0 Å². The Bertz CT molecular complexity index is 474. The van der Waals surface area contributed by atoms with Gasteiger partial charge in [0.05, 0.1) is 12.2 Å². The van der Waals surface area contributed by atoms with Gasteiger partial charge < -0.3 is 0 Å². The average molecular weight is 232 g/mol. The molecular formula is C13H16N2S. The molecule has 0 radical (unpaired) electrons. The molecule has 84 valence electrons. The summed E-state index contributed by atoms with van der Waals surface area (Å²) in [6, 6.07) is 10.4. The Morgan fingerprint density at radius 3 is 2.44 bits per heavy atom. The smallest absolute Gasteiger partial charge is 0.0662 e. The summed E-state index contributed by atoms with van der Waals surface area (Å²) >= 11 is 4.34. The maximum Gasteiger partial charge on any atom is 0.0662 e. The monoisotopic (exact) mass is 232 g/mol. The third-order valence-corrected chi connectivity index (χ3v) is 3.18. The fourth-order valence-corrected chi connectivity index (χ4v) is 2.33. The molecule has 16 heavy (non-hydrogen) atoms. The van der Waals surface area contributed by atoms with E-state index in [0.717, 1.165) is 18.0 Å². The molecule has 0 amide bonds.